The van der Waals surface area contributed by atoms with E-state index in [4.69, 9.17) is 66.3 Å². The molecule has 4 N–H and O–H groups in total. The highest BCUT2D eigenvalue weighted by Gasteiger charge is 2.59. The summed E-state index contributed by atoms with van der Waals surface area (Å²) >= 11 is 0. The maximum atomic E-state index is 13.8. The molecular weight excluding hydrogens is 881 g/mol. The van der Waals surface area contributed by atoms with Crippen LogP contribution in [0.2, 0.25) is 0 Å². The Balaban J connectivity index is 0.771. The lowest BCUT2D eigenvalue weighted by molar-refractivity contribution is -0.360. The molecule has 0 aromatic carbocycles. The van der Waals surface area contributed by atoms with E-state index < -0.39 is 116 Å². The molecule has 0 spiro atoms. The number of aliphatic hydroxyl groups is 4. The molecule has 1 saturated carbocycles. The molecule has 7 aliphatic heterocycles. The van der Waals surface area contributed by atoms with Crippen LogP contribution in [0.1, 0.15) is 92.9 Å². The minimum atomic E-state index is -1.25. The summed E-state index contributed by atoms with van der Waals surface area (Å²) in [5.41, 5.74) is 2.19. The molecule has 67 heavy (non-hydrogen) atoms. The number of hydrogen-bond donors (Lipinski definition) is 4. The highest BCUT2D eigenvalue weighted by Crippen LogP contribution is 2.57. The molecule has 0 bridgehead atoms. The van der Waals surface area contributed by atoms with Crippen LogP contribution in [0.15, 0.2) is 23.5 Å². The Morgan fingerprint density at radius 2 is 1.36 bits per heavy atom. The molecule has 7 fully saturated rings. The zero-order chi connectivity index (χ0) is 47.7. The van der Waals surface area contributed by atoms with E-state index in [-0.39, 0.29) is 54.2 Å². The molecule has 19 nitrogen and oxygen atoms in total. The highest BCUT2D eigenvalue weighted by molar-refractivity contribution is 5.74. The van der Waals surface area contributed by atoms with Crippen LogP contribution in [0.3, 0.4) is 0 Å². The van der Waals surface area contributed by atoms with E-state index in [1.54, 1.807) is 27.9 Å². The molecule has 2 aliphatic carbocycles. The fourth-order valence-corrected chi connectivity index (χ4v) is 12.8. The Bertz CT molecular complexity index is 1790. The van der Waals surface area contributed by atoms with Gasteiger partial charge >= 0.3 is 5.97 Å². The summed E-state index contributed by atoms with van der Waals surface area (Å²) < 4.78 is 85.3. The summed E-state index contributed by atoms with van der Waals surface area (Å²) in [5.74, 6) is -1.18. The summed E-state index contributed by atoms with van der Waals surface area (Å²) in [4.78, 5) is 13.8. The number of methoxy groups -OCH3 is 3. The standard InChI is InChI=1S/C48H74O19/c1-21-36(50)42(55-8)37(51)46(61-21)67-40-23(3)60-34(18-31(40)54-7)65-39-22(2)59-33(17-30(39)49)66-41-24(4)62-45(38(52)43(41)56-9)63-27-14-15-47(5)26(16-27)11-12-28-29(47)13-10-25-19-57-48(6)35(25)32(20-58-48)64-44(28)53/h11,19,21-24,27-43,45-46,49-52H,10,12-18,20H2,1-9H3/t21-,22+,23+,24+,27-,28+,29-,30-,31-,32+,33-,34-,35+,36-,37+,38+,39+,40+,41+,42-,43+,45-,46+,47-,48-/m0/s1. The number of ether oxygens (including phenoxy) is 14. The van der Waals surface area contributed by atoms with Gasteiger partial charge in [0.25, 0.3) is 0 Å². The summed E-state index contributed by atoms with van der Waals surface area (Å²) in [6, 6.07) is 0. The average molecular weight is 955 g/mol. The van der Waals surface area contributed by atoms with E-state index in [2.05, 4.69) is 13.0 Å². The monoisotopic (exact) mass is 954 g/mol. The number of rotatable bonds is 11. The minimum absolute atomic E-state index is 0.0594. The van der Waals surface area contributed by atoms with Crippen LogP contribution in [0.4, 0.5) is 0 Å². The van der Waals surface area contributed by atoms with Crippen LogP contribution < -0.4 is 0 Å². The topological polar surface area (TPSA) is 227 Å². The summed E-state index contributed by atoms with van der Waals surface area (Å²) in [5, 5.41) is 44.4. The van der Waals surface area contributed by atoms with Crippen LogP contribution in [0, 0.1) is 23.2 Å². The van der Waals surface area contributed by atoms with Crippen LogP contribution in [0.25, 0.3) is 0 Å². The number of aliphatic hydroxyl groups excluding tert-OH is 4. The van der Waals surface area contributed by atoms with Crippen molar-refractivity contribution >= 4 is 5.97 Å². The van der Waals surface area contributed by atoms with Crippen molar-refractivity contribution in [3.05, 3.63) is 23.5 Å². The van der Waals surface area contributed by atoms with Crippen molar-refractivity contribution in [2.24, 2.45) is 23.2 Å². The lowest BCUT2D eigenvalue weighted by Crippen LogP contribution is -2.62. The van der Waals surface area contributed by atoms with Gasteiger partial charge < -0.3 is 86.7 Å². The van der Waals surface area contributed by atoms with Gasteiger partial charge in [0.15, 0.2) is 25.2 Å². The molecule has 9 aliphatic rings. The number of carbonyl (C=O) groups is 1. The zero-order valence-electron chi connectivity index (χ0n) is 40.2. The zero-order valence-corrected chi connectivity index (χ0v) is 40.2. The maximum absolute atomic E-state index is 13.8. The Morgan fingerprint density at radius 3 is 2.07 bits per heavy atom. The third-order valence-corrected chi connectivity index (χ3v) is 16.6. The van der Waals surface area contributed by atoms with Crippen molar-refractivity contribution in [2.45, 2.75) is 222 Å². The van der Waals surface area contributed by atoms with Gasteiger partial charge in [-0.2, -0.15) is 0 Å². The van der Waals surface area contributed by atoms with Gasteiger partial charge in [0.2, 0.25) is 5.79 Å². The first-order chi connectivity index (χ1) is 32.0. The van der Waals surface area contributed by atoms with E-state index in [0.29, 0.717) is 25.9 Å². The first kappa shape index (κ1) is 50.1. The van der Waals surface area contributed by atoms with Gasteiger partial charge in [0.1, 0.15) is 54.9 Å². The van der Waals surface area contributed by atoms with Gasteiger partial charge in [0, 0.05) is 41.1 Å². The van der Waals surface area contributed by atoms with E-state index in [9.17, 15) is 25.2 Å². The molecule has 6 saturated heterocycles. The number of hydrogen-bond acceptors (Lipinski definition) is 19. The van der Waals surface area contributed by atoms with E-state index in [0.717, 1.165) is 24.8 Å². The van der Waals surface area contributed by atoms with E-state index >= 15 is 0 Å². The van der Waals surface area contributed by atoms with Crippen molar-refractivity contribution in [2.75, 3.05) is 27.9 Å². The Kier molecular flexibility index (Phi) is 14.9. The molecule has 0 unspecified atom stereocenters. The van der Waals surface area contributed by atoms with Crippen molar-refractivity contribution in [3.8, 4) is 0 Å². The summed E-state index contributed by atoms with van der Waals surface area (Å²) in [6.45, 7) is 11.6. The largest absolute Gasteiger partial charge is 0.469 e. The summed E-state index contributed by atoms with van der Waals surface area (Å²) in [7, 11) is 4.46. The average Bonchev–Trinajstić information content (AvgIpc) is 3.81. The van der Waals surface area contributed by atoms with E-state index in [1.165, 1.54) is 19.8 Å². The molecule has 9 rings (SSSR count). The van der Waals surface area contributed by atoms with Gasteiger partial charge in [-0.05, 0) is 83.1 Å². The molecule has 0 aromatic rings. The smallest absolute Gasteiger partial charge is 0.309 e. The Labute approximate surface area is 392 Å². The SMILES string of the molecule is CO[C@H]1[C@@H](O)[C@H](C)O[C@H](O[C@H]2[C@@H](OC)C[C@H](O[C@H]3[C@@H](O)C[C@H](O[C@H]4[C@H](OC)[C@@H](O)[C@H](O[C@H]5CC[C@@]6(C)C(=CC[C@H]7C(=O)O[C@@H]8CO[C@]9(C)OC=C(CC[C@@H]76)[C@H]89)C5)O[C@@H]4C)O[C@@H]3C)O[C@@H]2C)[C@@H]1O. The molecule has 0 amide bonds. The van der Waals surface area contributed by atoms with E-state index in [1.807, 2.05) is 20.1 Å². The third kappa shape index (κ3) is 9.41. The molecule has 380 valence electrons. The first-order valence-electron chi connectivity index (χ1n) is 24.4. The Morgan fingerprint density at radius 1 is 0.701 bits per heavy atom. The molecule has 0 radical (unpaired) electrons. The van der Waals surface area contributed by atoms with Crippen LogP contribution in [0.5, 0.6) is 0 Å². The lowest BCUT2D eigenvalue weighted by Gasteiger charge is -2.51. The number of allylic oxidation sites excluding steroid dienone is 1. The van der Waals surface area contributed by atoms with Crippen LogP contribution in [-0.2, 0) is 71.1 Å². The second-order valence-electron chi connectivity index (χ2n) is 20.7. The quantitative estimate of drug-likeness (QED) is 0.172. The minimum Gasteiger partial charge on any atom is -0.469 e. The normalized spacial score (nSPS) is 52.3. The first-order valence-corrected chi connectivity index (χ1v) is 24.4. The lowest BCUT2D eigenvalue weighted by atomic mass is 9.55. The predicted molar refractivity (Wildman–Crippen MR) is 230 cm³/mol. The molecule has 19 heteroatoms. The fraction of sp³-hybridized carbons (Fsp3) is 0.896. The third-order valence-electron chi connectivity index (χ3n) is 16.6. The van der Waals surface area contributed by atoms with Gasteiger partial charge in [-0.25, -0.2) is 0 Å². The molecule has 7 heterocycles. The maximum Gasteiger partial charge on any atom is 0.309 e. The van der Waals surface area contributed by atoms with Gasteiger partial charge in [-0.15, -0.1) is 0 Å². The van der Waals surface area contributed by atoms with Crippen molar-refractivity contribution < 1.29 is 91.5 Å². The second kappa shape index (κ2) is 20.0. The number of carbonyl (C=O) groups excluding carboxylic acids is 1. The van der Waals surface area contributed by atoms with Gasteiger partial charge in [-0.3, -0.25) is 4.79 Å². The van der Waals surface area contributed by atoms with Crippen LogP contribution in [-0.4, -0.2) is 183 Å². The van der Waals surface area contributed by atoms with Crippen LogP contribution >= 0.6 is 0 Å². The van der Waals surface area contributed by atoms with Crippen molar-refractivity contribution in [3.63, 3.8) is 0 Å². The number of fused-ring (bicyclic) bond motifs is 3. The molecule has 25 atom stereocenters. The van der Waals surface area contributed by atoms with Crippen molar-refractivity contribution in [1.29, 1.82) is 0 Å². The second-order valence-corrected chi connectivity index (χ2v) is 20.7. The molecule has 0 aromatic heterocycles. The highest BCUT2D eigenvalue weighted by atomic mass is 16.8. The Hall–Kier alpha value is -1.89. The predicted octanol–water partition coefficient (Wildman–Crippen LogP) is 2.51. The molecular formula is C48H74O19. The summed E-state index contributed by atoms with van der Waals surface area (Å²) in [6.07, 6.45) is -6.95. The fourth-order valence-electron chi connectivity index (χ4n) is 12.8. The van der Waals surface area contributed by atoms with Gasteiger partial charge in [-0.1, -0.05) is 18.6 Å². The van der Waals surface area contributed by atoms with Crippen molar-refractivity contribution in [1.82, 2.24) is 0 Å². The van der Waals surface area contributed by atoms with Gasteiger partial charge in [0.05, 0.1) is 67.4 Å². The number of esters is 1.